The zero-order chi connectivity index (χ0) is 18.2. The van der Waals surface area contributed by atoms with Gasteiger partial charge in [-0.1, -0.05) is 11.6 Å². The van der Waals surface area contributed by atoms with Crippen molar-refractivity contribution in [3.05, 3.63) is 40.9 Å². The van der Waals surface area contributed by atoms with Crippen molar-refractivity contribution >= 4 is 17.6 Å². The van der Waals surface area contributed by atoms with Crippen molar-refractivity contribution in [2.24, 2.45) is 12.0 Å². The average molecular weight is 365 g/mol. The number of hydrogen-bond donors (Lipinski definition) is 2. The zero-order valence-corrected chi connectivity index (χ0v) is 15.8. The summed E-state index contributed by atoms with van der Waals surface area (Å²) in [7, 11) is 1.93. The predicted molar refractivity (Wildman–Crippen MR) is 100 cm³/mol. The van der Waals surface area contributed by atoms with Crippen molar-refractivity contribution in [1.29, 1.82) is 0 Å². The van der Waals surface area contributed by atoms with E-state index in [-0.39, 0.29) is 6.10 Å². The van der Waals surface area contributed by atoms with Crippen LogP contribution in [0.15, 0.2) is 29.3 Å². The molecule has 2 aromatic rings. The van der Waals surface area contributed by atoms with Gasteiger partial charge >= 0.3 is 0 Å². The Kier molecular flexibility index (Phi) is 7.06. The summed E-state index contributed by atoms with van der Waals surface area (Å²) in [4.78, 5) is 4.55. The maximum absolute atomic E-state index is 5.88. The van der Waals surface area contributed by atoms with E-state index in [0.29, 0.717) is 18.1 Å². The fourth-order valence-electron chi connectivity index (χ4n) is 2.11. The molecule has 0 saturated heterocycles. The number of aryl methyl sites for hydroxylation is 1. The fraction of sp³-hybridized carbons (Fsp3) is 0.471. The first kappa shape index (κ1) is 19.1. The quantitative estimate of drug-likeness (QED) is 0.582. The number of rotatable bonds is 7. The molecule has 0 fully saturated rings. The molecule has 0 saturated carbocycles. The summed E-state index contributed by atoms with van der Waals surface area (Å²) in [5, 5.41) is 15.3. The van der Waals surface area contributed by atoms with Crippen LogP contribution in [0.5, 0.6) is 5.75 Å². The van der Waals surface area contributed by atoms with Crippen LogP contribution in [-0.4, -0.2) is 39.9 Å². The van der Waals surface area contributed by atoms with Crippen LogP contribution in [0.4, 0.5) is 0 Å². The topological polar surface area (TPSA) is 76.4 Å². The number of nitrogens with zero attached hydrogens (tertiary/aromatic N) is 4. The molecule has 0 aliphatic heterocycles. The van der Waals surface area contributed by atoms with E-state index < -0.39 is 0 Å². The van der Waals surface area contributed by atoms with Crippen LogP contribution in [0.25, 0.3) is 0 Å². The monoisotopic (exact) mass is 364 g/mol. The molecule has 1 aromatic carbocycles. The predicted octanol–water partition coefficient (Wildman–Crippen LogP) is 2.30. The van der Waals surface area contributed by atoms with E-state index in [9.17, 15) is 0 Å². The number of ether oxygens (including phenoxy) is 1. The van der Waals surface area contributed by atoms with Crippen LogP contribution >= 0.6 is 11.6 Å². The summed E-state index contributed by atoms with van der Waals surface area (Å²) < 4.78 is 7.78. The summed E-state index contributed by atoms with van der Waals surface area (Å²) in [6.45, 7) is 7.79. The van der Waals surface area contributed by atoms with Crippen LogP contribution in [0.1, 0.15) is 25.5 Å². The Bertz CT molecular complexity index is 698. The van der Waals surface area contributed by atoms with Gasteiger partial charge in [0.1, 0.15) is 24.2 Å². The van der Waals surface area contributed by atoms with Gasteiger partial charge in [0.05, 0.1) is 6.54 Å². The van der Waals surface area contributed by atoms with E-state index in [4.69, 9.17) is 16.3 Å². The van der Waals surface area contributed by atoms with E-state index in [1.165, 1.54) is 0 Å². The van der Waals surface area contributed by atoms with Crippen LogP contribution < -0.4 is 15.4 Å². The van der Waals surface area contributed by atoms with Gasteiger partial charge in [-0.05, 0) is 45.0 Å². The summed E-state index contributed by atoms with van der Waals surface area (Å²) in [5.41, 5.74) is 0. The highest BCUT2D eigenvalue weighted by Crippen LogP contribution is 2.16. The first-order valence-corrected chi connectivity index (χ1v) is 8.66. The lowest BCUT2D eigenvalue weighted by Gasteiger charge is -2.17. The number of aromatic nitrogens is 3. The lowest BCUT2D eigenvalue weighted by molar-refractivity contribution is 0.224. The molecule has 8 heteroatoms. The van der Waals surface area contributed by atoms with Crippen LogP contribution in [0.3, 0.4) is 0 Å². The zero-order valence-electron chi connectivity index (χ0n) is 15.1. The lowest BCUT2D eigenvalue weighted by Crippen LogP contribution is -2.41. The Morgan fingerprint density at radius 1 is 1.28 bits per heavy atom. The SMILES string of the molecule is CCNC(=NCc1nnc(C)n1C)NCC(C)Oc1ccc(Cl)cc1. The minimum atomic E-state index is -0.0258. The largest absolute Gasteiger partial charge is 0.489 e. The van der Waals surface area contributed by atoms with Crippen LogP contribution in [0.2, 0.25) is 5.02 Å². The summed E-state index contributed by atoms with van der Waals surface area (Å²) in [6.07, 6.45) is -0.0258. The molecule has 7 nitrogen and oxygen atoms in total. The van der Waals surface area contributed by atoms with Crippen LogP contribution in [-0.2, 0) is 13.6 Å². The van der Waals surface area contributed by atoms with Gasteiger partial charge in [0.15, 0.2) is 11.8 Å². The molecule has 2 N–H and O–H groups in total. The Labute approximate surface area is 153 Å². The molecule has 1 aromatic heterocycles. The first-order valence-electron chi connectivity index (χ1n) is 8.29. The second-order valence-electron chi connectivity index (χ2n) is 5.68. The minimum absolute atomic E-state index is 0.0258. The Balaban J connectivity index is 1.88. The number of benzene rings is 1. The van der Waals surface area contributed by atoms with Gasteiger partial charge in [-0.15, -0.1) is 10.2 Å². The molecule has 2 rings (SSSR count). The molecule has 0 spiro atoms. The van der Waals surface area contributed by atoms with E-state index in [0.717, 1.165) is 29.9 Å². The third kappa shape index (κ3) is 5.94. The highest BCUT2D eigenvalue weighted by molar-refractivity contribution is 6.30. The van der Waals surface area contributed by atoms with Gasteiger partial charge in [-0.2, -0.15) is 0 Å². The molecule has 0 aliphatic rings. The fourth-order valence-corrected chi connectivity index (χ4v) is 2.23. The maximum atomic E-state index is 5.88. The van der Waals surface area contributed by atoms with Gasteiger partial charge in [0, 0.05) is 18.6 Å². The van der Waals surface area contributed by atoms with E-state index in [1.54, 1.807) is 0 Å². The lowest BCUT2D eigenvalue weighted by atomic mass is 10.3. The number of hydrogen-bond acceptors (Lipinski definition) is 4. The Hall–Kier alpha value is -2.28. The van der Waals surface area contributed by atoms with E-state index in [2.05, 4.69) is 25.8 Å². The second-order valence-corrected chi connectivity index (χ2v) is 6.12. The molecule has 0 radical (unpaired) electrons. The van der Waals surface area contributed by atoms with Gasteiger partial charge < -0.3 is 19.9 Å². The third-order valence-corrected chi connectivity index (χ3v) is 3.87. The average Bonchev–Trinajstić information content (AvgIpc) is 2.91. The highest BCUT2D eigenvalue weighted by Gasteiger charge is 2.07. The maximum Gasteiger partial charge on any atom is 0.191 e. The molecule has 25 heavy (non-hydrogen) atoms. The van der Waals surface area contributed by atoms with Crippen molar-refractivity contribution in [3.8, 4) is 5.75 Å². The number of aliphatic imine (C=N–C) groups is 1. The Morgan fingerprint density at radius 2 is 2.00 bits per heavy atom. The van der Waals surface area contributed by atoms with Crippen molar-refractivity contribution in [2.75, 3.05) is 13.1 Å². The van der Waals surface area contributed by atoms with Crippen molar-refractivity contribution < 1.29 is 4.74 Å². The van der Waals surface area contributed by atoms with Gasteiger partial charge in [-0.25, -0.2) is 4.99 Å². The highest BCUT2D eigenvalue weighted by atomic mass is 35.5. The summed E-state index contributed by atoms with van der Waals surface area (Å²) in [5.74, 6) is 3.19. The van der Waals surface area contributed by atoms with Crippen molar-refractivity contribution in [2.45, 2.75) is 33.4 Å². The smallest absolute Gasteiger partial charge is 0.191 e. The van der Waals surface area contributed by atoms with Gasteiger partial charge in [0.2, 0.25) is 0 Å². The number of nitrogens with one attached hydrogen (secondary N) is 2. The third-order valence-electron chi connectivity index (χ3n) is 3.61. The molecule has 0 amide bonds. The van der Waals surface area contributed by atoms with Gasteiger partial charge in [0.25, 0.3) is 0 Å². The Morgan fingerprint density at radius 3 is 2.60 bits per heavy atom. The molecule has 0 aliphatic carbocycles. The minimum Gasteiger partial charge on any atom is -0.489 e. The molecule has 0 bridgehead atoms. The number of halogens is 1. The van der Waals surface area contributed by atoms with Crippen molar-refractivity contribution in [3.63, 3.8) is 0 Å². The normalized spacial score (nSPS) is 12.8. The van der Waals surface area contributed by atoms with E-state index in [1.807, 2.05) is 56.7 Å². The molecule has 1 atom stereocenters. The summed E-state index contributed by atoms with van der Waals surface area (Å²) >= 11 is 5.88. The molecule has 1 unspecified atom stereocenters. The second kappa shape index (κ2) is 9.27. The van der Waals surface area contributed by atoms with E-state index >= 15 is 0 Å². The van der Waals surface area contributed by atoms with Gasteiger partial charge in [-0.3, -0.25) is 0 Å². The number of guanidine groups is 1. The molecule has 136 valence electrons. The molecular formula is C17H25ClN6O. The summed E-state index contributed by atoms with van der Waals surface area (Å²) in [6, 6.07) is 7.33. The molecular weight excluding hydrogens is 340 g/mol. The first-order chi connectivity index (χ1) is 12.0. The standard InChI is InChI=1S/C17H25ClN6O/c1-5-19-17(21-11-16-23-22-13(3)24(16)4)20-10-12(2)25-15-8-6-14(18)7-9-15/h6-9,12H,5,10-11H2,1-4H3,(H2,19,20,21). The molecule has 1 heterocycles. The van der Waals surface area contributed by atoms with Crippen molar-refractivity contribution in [1.82, 2.24) is 25.4 Å². The van der Waals surface area contributed by atoms with Crippen LogP contribution in [0, 0.1) is 6.92 Å².